The number of benzene rings is 2. The molecule has 7 heteroatoms. The molecule has 0 bridgehead atoms. The van der Waals surface area contributed by atoms with Crippen LogP contribution in [0.1, 0.15) is 30.9 Å². The molecular weight excluding hydrogens is 369 g/mol. The van der Waals surface area contributed by atoms with Crippen molar-refractivity contribution in [2.75, 3.05) is 6.61 Å². The number of halogens is 1. The van der Waals surface area contributed by atoms with Gasteiger partial charge in [-0.2, -0.15) is 0 Å². The van der Waals surface area contributed by atoms with Gasteiger partial charge in [0.05, 0.1) is 10.9 Å². The molecule has 0 aliphatic rings. The largest absolute Gasteiger partial charge is 0.488 e. The molecule has 1 aromatic heterocycles. The first-order chi connectivity index (χ1) is 13.0. The fourth-order valence-electron chi connectivity index (χ4n) is 2.45. The predicted octanol–water partition coefficient (Wildman–Crippen LogP) is 4.14. The quantitative estimate of drug-likeness (QED) is 0.641. The number of hydrogen-bond donors (Lipinski definition) is 2. The lowest BCUT2D eigenvalue weighted by atomic mass is 10.1. The predicted molar refractivity (Wildman–Crippen MR) is 99.8 cm³/mol. The Hall–Kier alpha value is -3.19. The van der Waals surface area contributed by atoms with Crippen molar-refractivity contribution >= 4 is 23.2 Å². The molecule has 3 aromatic rings. The Morgan fingerprint density at radius 1 is 1.00 bits per heavy atom. The summed E-state index contributed by atoms with van der Waals surface area (Å²) in [5.41, 5.74) is 0.789. The van der Waals surface area contributed by atoms with Gasteiger partial charge in [-0.15, -0.1) is 11.3 Å². The maximum Gasteiger partial charge on any atom is 0.345 e. The topological polar surface area (TPSA) is 75.6 Å². The van der Waals surface area contributed by atoms with Gasteiger partial charge in [-0.25, -0.2) is 9.18 Å². The molecule has 1 amide bonds. The number of carboxylic acid groups (broad SMARTS) is 1. The van der Waals surface area contributed by atoms with Crippen LogP contribution >= 0.6 is 11.3 Å². The number of aromatic carboxylic acids is 1. The van der Waals surface area contributed by atoms with Crippen molar-refractivity contribution in [3.8, 4) is 5.75 Å². The van der Waals surface area contributed by atoms with E-state index < -0.39 is 23.7 Å². The lowest BCUT2D eigenvalue weighted by Crippen LogP contribution is -2.32. The van der Waals surface area contributed by atoms with Gasteiger partial charge in [0.25, 0.3) is 5.91 Å². The van der Waals surface area contributed by atoms with E-state index in [0.29, 0.717) is 0 Å². The molecule has 0 aliphatic heterocycles. The third-order valence-corrected chi connectivity index (χ3v) is 4.86. The van der Waals surface area contributed by atoms with Gasteiger partial charge in [-0.1, -0.05) is 42.5 Å². The maximum atomic E-state index is 13.8. The minimum atomic E-state index is -1.08. The summed E-state index contributed by atoms with van der Waals surface area (Å²) in [7, 11) is 0. The van der Waals surface area contributed by atoms with Crippen LogP contribution in [-0.4, -0.2) is 23.6 Å². The number of hydrogen-bond acceptors (Lipinski definition) is 4. The normalized spacial score (nSPS) is 11.6. The van der Waals surface area contributed by atoms with Gasteiger partial charge >= 0.3 is 5.97 Å². The Morgan fingerprint density at radius 2 is 1.67 bits per heavy atom. The number of carboxylic acids is 1. The standard InChI is InChI=1S/C20H16FNO4S/c21-14-8-4-5-9-16(14)26-12-15(13-6-2-1-3-7-13)22-19(23)17-10-11-18(27-17)20(24)25/h1-11,15H,12H2,(H,22,23)(H,24,25). The molecule has 27 heavy (non-hydrogen) atoms. The molecule has 1 atom stereocenters. The van der Waals surface area contributed by atoms with Crippen LogP contribution in [0.15, 0.2) is 66.7 Å². The highest BCUT2D eigenvalue weighted by atomic mass is 32.1. The smallest absolute Gasteiger partial charge is 0.345 e. The van der Waals surface area contributed by atoms with E-state index in [1.54, 1.807) is 12.1 Å². The van der Waals surface area contributed by atoms with Crippen molar-refractivity contribution in [2.45, 2.75) is 6.04 Å². The summed E-state index contributed by atoms with van der Waals surface area (Å²) < 4.78 is 19.3. The number of nitrogens with one attached hydrogen (secondary N) is 1. The van der Waals surface area contributed by atoms with E-state index in [1.165, 1.54) is 24.3 Å². The second-order valence-electron chi connectivity index (χ2n) is 5.65. The molecule has 2 aromatic carbocycles. The number of ether oxygens (including phenoxy) is 1. The summed E-state index contributed by atoms with van der Waals surface area (Å²) >= 11 is 0.891. The molecule has 0 radical (unpaired) electrons. The molecule has 1 unspecified atom stereocenters. The maximum absolute atomic E-state index is 13.8. The van der Waals surface area contributed by atoms with E-state index in [9.17, 15) is 14.0 Å². The van der Waals surface area contributed by atoms with E-state index in [2.05, 4.69) is 5.32 Å². The minimum absolute atomic E-state index is 0.0217. The van der Waals surface area contributed by atoms with E-state index in [0.717, 1.165) is 16.9 Å². The molecule has 0 saturated carbocycles. The lowest BCUT2D eigenvalue weighted by Gasteiger charge is -2.19. The van der Waals surface area contributed by atoms with Crippen molar-refractivity contribution in [1.82, 2.24) is 5.32 Å². The van der Waals surface area contributed by atoms with Crippen molar-refractivity contribution in [2.24, 2.45) is 0 Å². The lowest BCUT2D eigenvalue weighted by molar-refractivity contribution is 0.0702. The van der Waals surface area contributed by atoms with Crippen LogP contribution in [0.4, 0.5) is 4.39 Å². The van der Waals surface area contributed by atoms with Crippen molar-refractivity contribution in [1.29, 1.82) is 0 Å². The Labute approximate surface area is 159 Å². The number of carbonyl (C=O) groups is 2. The molecule has 1 heterocycles. The van der Waals surface area contributed by atoms with Gasteiger partial charge in [0.1, 0.15) is 11.5 Å². The average molecular weight is 385 g/mol. The molecule has 0 aliphatic carbocycles. The van der Waals surface area contributed by atoms with Crippen molar-refractivity contribution in [3.05, 3.63) is 87.9 Å². The number of carbonyl (C=O) groups excluding carboxylic acids is 1. The fourth-order valence-corrected chi connectivity index (χ4v) is 3.19. The molecule has 0 fully saturated rings. The average Bonchev–Trinajstić information content (AvgIpc) is 3.17. The third kappa shape index (κ3) is 4.71. The molecule has 5 nitrogen and oxygen atoms in total. The number of para-hydroxylation sites is 1. The molecule has 0 saturated heterocycles. The zero-order valence-corrected chi connectivity index (χ0v) is 14.9. The molecule has 3 rings (SSSR count). The van der Waals surface area contributed by atoms with E-state index in [1.807, 2.05) is 30.3 Å². The highest BCUT2D eigenvalue weighted by Crippen LogP contribution is 2.21. The number of amides is 1. The first-order valence-corrected chi connectivity index (χ1v) is 8.92. The summed E-state index contributed by atoms with van der Waals surface area (Å²) in [6.07, 6.45) is 0. The SMILES string of the molecule is O=C(O)c1ccc(C(=O)NC(COc2ccccc2F)c2ccccc2)s1. The van der Waals surface area contributed by atoms with Gasteiger partial charge in [-0.05, 0) is 29.8 Å². The fraction of sp³-hybridized carbons (Fsp3) is 0.100. The van der Waals surface area contributed by atoms with Crippen LogP contribution in [-0.2, 0) is 0 Å². The van der Waals surface area contributed by atoms with Gasteiger partial charge in [0.15, 0.2) is 11.6 Å². The first-order valence-electron chi connectivity index (χ1n) is 8.11. The highest BCUT2D eigenvalue weighted by molar-refractivity contribution is 7.15. The van der Waals surface area contributed by atoms with Crippen LogP contribution in [0.2, 0.25) is 0 Å². The van der Waals surface area contributed by atoms with Crippen LogP contribution in [0, 0.1) is 5.82 Å². The van der Waals surface area contributed by atoms with Crippen LogP contribution in [0.5, 0.6) is 5.75 Å². The zero-order chi connectivity index (χ0) is 19.2. The number of rotatable bonds is 7. The van der Waals surface area contributed by atoms with Gasteiger partial charge in [-0.3, -0.25) is 4.79 Å². The Kier molecular flexibility index (Phi) is 5.83. The van der Waals surface area contributed by atoms with E-state index >= 15 is 0 Å². The van der Waals surface area contributed by atoms with E-state index in [4.69, 9.17) is 9.84 Å². The summed E-state index contributed by atoms with van der Waals surface area (Å²) in [6, 6.07) is 17.5. The van der Waals surface area contributed by atoms with Crippen LogP contribution in [0.3, 0.4) is 0 Å². The first kappa shape index (κ1) is 18.6. The number of thiophene rings is 1. The zero-order valence-electron chi connectivity index (χ0n) is 14.1. The molecule has 138 valence electrons. The van der Waals surface area contributed by atoms with Gasteiger partial charge in [0.2, 0.25) is 0 Å². The van der Waals surface area contributed by atoms with Gasteiger partial charge in [0, 0.05) is 0 Å². The van der Waals surface area contributed by atoms with Crippen molar-refractivity contribution in [3.63, 3.8) is 0 Å². The molecule has 2 N–H and O–H groups in total. The summed E-state index contributed by atoms with van der Waals surface area (Å²) in [4.78, 5) is 23.9. The summed E-state index contributed by atoms with van der Waals surface area (Å²) in [5, 5.41) is 11.8. The minimum Gasteiger partial charge on any atom is -0.488 e. The second-order valence-corrected chi connectivity index (χ2v) is 6.73. The van der Waals surface area contributed by atoms with Crippen molar-refractivity contribution < 1.29 is 23.8 Å². The summed E-state index contributed by atoms with van der Waals surface area (Å²) in [6.45, 7) is 0.0217. The summed E-state index contributed by atoms with van der Waals surface area (Å²) in [5.74, 6) is -1.89. The monoisotopic (exact) mass is 385 g/mol. The molecular formula is C20H16FNO4S. The Bertz CT molecular complexity index is 942. The Morgan fingerprint density at radius 3 is 2.33 bits per heavy atom. The highest BCUT2D eigenvalue weighted by Gasteiger charge is 2.19. The van der Waals surface area contributed by atoms with Crippen LogP contribution in [0.25, 0.3) is 0 Å². The third-order valence-electron chi connectivity index (χ3n) is 3.79. The molecule has 0 spiro atoms. The second kappa shape index (κ2) is 8.46. The van der Waals surface area contributed by atoms with Crippen LogP contribution < -0.4 is 10.1 Å². The van der Waals surface area contributed by atoms with Gasteiger partial charge < -0.3 is 15.2 Å². The Balaban J connectivity index is 1.76. The van der Waals surface area contributed by atoms with E-state index in [-0.39, 0.29) is 22.1 Å².